The number of aromatic amines is 1. The van der Waals surface area contributed by atoms with Crippen LogP contribution in [0, 0.1) is 0 Å². The number of amides is 2. The van der Waals surface area contributed by atoms with Crippen molar-refractivity contribution in [3.63, 3.8) is 0 Å². The lowest BCUT2D eigenvalue weighted by molar-refractivity contribution is 0.256. The monoisotopic (exact) mass is 677 g/mol. The van der Waals surface area contributed by atoms with E-state index in [2.05, 4.69) is 17.2 Å². The van der Waals surface area contributed by atoms with Crippen molar-refractivity contribution < 1.29 is 19.4 Å². The number of benzene rings is 4. The molecule has 4 aromatic carbocycles. The average Bonchev–Trinajstić information content (AvgIpc) is 3.60. The smallest absolute Gasteiger partial charge is 0.326 e. The molecule has 2 amide bonds. The van der Waals surface area contributed by atoms with E-state index in [1.807, 2.05) is 109 Å². The normalized spacial score (nSPS) is 11.1. The number of nitrogens with zero attached hydrogens (tertiary/aromatic N) is 3. The highest BCUT2D eigenvalue weighted by Gasteiger charge is 2.17. The third-order valence-corrected chi connectivity index (χ3v) is 9.06. The van der Waals surface area contributed by atoms with Crippen LogP contribution in [-0.4, -0.2) is 32.2 Å². The van der Waals surface area contributed by atoms with Gasteiger partial charge in [-0.1, -0.05) is 67.9 Å². The van der Waals surface area contributed by atoms with Crippen molar-refractivity contribution in [2.45, 2.75) is 45.6 Å². The van der Waals surface area contributed by atoms with Gasteiger partial charge in [-0.05, 0) is 72.6 Å². The number of aryl methyl sites for hydroxylation is 1. The van der Waals surface area contributed by atoms with Crippen LogP contribution in [0.25, 0.3) is 11.0 Å². The number of anilines is 2. The fraction of sp³-hybridized carbons (Fsp3) is 0.237. The molecule has 0 aliphatic heterocycles. The van der Waals surface area contributed by atoms with Crippen molar-refractivity contribution >= 4 is 39.8 Å². The Morgan fingerprint density at radius 1 is 0.939 bits per heavy atom. The van der Waals surface area contributed by atoms with Crippen LogP contribution in [0.15, 0.2) is 102 Å². The van der Waals surface area contributed by atoms with E-state index in [-0.39, 0.29) is 23.4 Å². The molecule has 11 heteroatoms. The van der Waals surface area contributed by atoms with E-state index in [0.29, 0.717) is 35.1 Å². The van der Waals surface area contributed by atoms with Gasteiger partial charge < -0.3 is 24.5 Å². The Kier molecular flexibility index (Phi) is 10.6. The summed E-state index contributed by atoms with van der Waals surface area (Å²) in [5.41, 5.74) is 4.25. The molecule has 6 aromatic rings. The molecule has 10 nitrogen and oxygen atoms in total. The number of hydrogen-bond donors (Lipinski definition) is 3. The second-order valence-electron chi connectivity index (χ2n) is 11.7. The quantitative estimate of drug-likeness (QED) is 0.0993. The molecule has 0 aliphatic rings. The molecule has 252 valence electrons. The van der Waals surface area contributed by atoms with Gasteiger partial charge in [-0.3, -0.25) is 14.7 Å². The van der Waals surface area contributed by atoms with E-state index in [1.54, 1.807) is 4.90 Å². The van der Waals surface area contributed by atoms with Gasteiger partial charge in [0.25, 0.3) is 0 Å². The predicted molar refractivity (Wildman–Crippen MR) is 194 cm³/mol. The Bertz CT molecular complexity index is 2050. The number of ether oxygens (including phenoxy) is 2. The number of unbranched alkanes of at least 4 members (excludes halogenated alkanes) is 3. The number of urea groups is 1. The van der Waals surface area contributed by atoms with Gasteiger partial charge in [0.15, 0.2) is 0 Å². The first-order chi connectivity index (χ1) is 23.9. The van der Waals surface area contributed by atoms with Crippen molar-refractivity contribution in [3.05, 3.63) is 123 Å². The summed E-state index contributed by atoms with van der Waals surface area (Å²) in [5.74, 6) is 2.70. The van der Waals surface area contributed by atoms with Crippen molar-refractivity contribution in [1.29, 1.82) is 0 Å². The molecule has 2 aromatic heterocycles. The van der Waals surface area contributed by atoms with Crippen LogP contribution in [0.5, 0.6) is 23.1 Å². The zero-order chi connectivity index (χ0) is 34.2. The van der Waals surface area contributed by atoms with Crippen LogP contribution in [0.3, 0.4) is 0 Å². The number of para-hydroxylation sites is 1. The van der Waals surface area contributed by atoms with E-state index >= 15 is 0 Å². The van der Waals surface area contributed by atoms with Gasteiger partial charge in [-0.2, -0.15) is 0 Å². The average molecular weight is 678 g/mol. The number of thiazole rings is 1. The second kappa shape index (κ2) is 15.6. The lowest BCUT2D eigenvalue weighted by Crippen LogP contribution is -2.35. The van der Waals surface area contributed by atoms with E-state index in [4.69, 9.17) is 14.5 Å². The zero-order valence-electron chi connectivity index (χ0n) is 27.5. The Morgan fingerprint density at radius 2 is 1.67 bits per heavy atom. The highest BCUT2D eigenvalue weighted by Crippen LogP contribution is 2.29. The van der Waals surface area contributed by atoms with Crippen LogP contribution in [0.4, 0.5) is 16.2 Å². The molecule has 0 bridgehead atoms. The number of rotatable bonds is 14. The highest BCUT2D eigenvalue weighted by molar-refractivity contribution is 7.09. The molecule has 0 saturated carbocycles. The molecule has 0 saturated heterocycles. The maximum Gasteiger partial charge on any atom is 0.326 e. The summed E-state index contributed by atoms with van der Waals surface area (Å²) in [6.45, 7) is 3.07. The molecule has 0 radical (unpaired) electrons. The third-order valence-electron chi connectivity index (χ3n) is 8.19. The number of carbonyl (C=O) groups excluding carboxylic acids is 1. The van der Waals surface area contributed by atoms with E-state index < -0.39 is 0 Å². The number of aromatic hydroxyl groups is 1. The first-order valence-electron chi connectivity index (χ1n) is 16.4. The van der Waals surface area contributed by atoms with Gasteiger partial charge in [0.05, 0.1) is 15.9 Å². The lowest BCUT2D eigenvalue weighted by Gasteiger charge is -2.23. The summed E-state index contributed by atoms with van der Waals surface area (Å²) >= 11 is 1.00. The molecule has 49 heavy (non-hydrogen) atoms. The van der Waals surface area contributed by atoms with Gasteiger partial charge in [0.2, 0.25) is 5.88 Å². The van der Waals surface area contributed by atoms with Crippen molar-refractivity contribution in [1.82, 2.24) is 14.5 Å². The van der Waals surface area contributed by atoms with Crippen LogP contribution >= 0.6 is 11.3 Å². The number of nitrogens with one attached hydrogen (secondary N) is 2. The van der Waals surface area contributed by atoms with Crippen molar-refractivity contribution in [2.24, 2.45) is 7.05 Å². The van der Waals surface area contributed by atoms with Gasteiger partial charge in [0.1, 0.15) is 29.7 Å². The Morgan fingerprint density at radius 3 is 2.39 bits per heavy atom. The Hall–Kier alpha value is -5.55. The third kappa shape index (κ3) is 8.49. The van der Waals surface area contributed by atoms with E-state index in [0.717, 1.165) is 70.8 Å². The largest absolute Gasteiger partial charge is 0.494 e. The summed E-state index contributed by atoms with van der Waals surface area (Å²) in [4.78, 5) is 34.0. The number of aromatic nitrogens is 3. The highest BCUT2D eigenvalue weighted by atomic mass is 32.1. The van der Waals surface area contributed by atoms with Crippen LogP contribution < -0.4 is 24.6 Å². The minimum Gasteiger partial charge on any atom is -0.494 e. The van der Waals surface area contributed by atoms with E-state index in [9.17, 15) is 14.7 Å². The molecule has 0 unspecified atom stereocenters. The first kappa shape index (κ1) is 33.4. The molecule has 6 rings (SSSR count). The molecule has 2 heterocycles. The maximum absolute atomic E-state index is 13.3. The molecule has 0 aliphatic carbocycles. The zero-order valence-corrected chi connectivity index (χ0v) is 28.3. The minimum absolute atomic E-state index is 0.0795. The van der Waals surface area contributed by atoms with E-state index in [1.165, 1.54) is 0 Å². The summed E-state index contributed by atoms with van der Waals surface area (Å²) in [6, 6.07) is 30.2. The van der Waals surface area contributed by atoms with Crippen molar-refractivity contribution in [2.75, 3.05) is 16.8 Å². The standard InChI is InChI=1S/C38H39N5O5S/c1-3-4-5-9-22-43(37(45)39-27-10-7-6-8-11-27)28-14-18-30(19-15-28)48-31-20-21-32-33(24-31)42(2)35(40-32)25-47-29-16-12-26(13-17-29)23-34-36(44)41-38(46)49-34/h6-8,10-21,24,44H,3-5,9,22-23,25H2,1-2H3,(H,39,45)(H,41,46). The molecular formula is C38H39N5O5S. The molecular weight excluding hydrogens is 639 g/mol. The topological polar surface area (TPSA) is 122 Å². The SMILES string of the molecule is CCCCCCN(C(=O)Nc1ccccc1)c1ccc(Oc2ccc3nc(COc4ccc(Cc5sc(=O)[nH]c5O)cc4)n(C)c3c2)cc1. The van der Waals surface area contributed by atoms with Gasteiger partial charge >= 0.3 is 10.9 Å². The van der Waals surface area contributed by atoms with Crippen LogP contribution in [-0.2, 0) is 20.1 Å². The van der Waals surface area contributed by atoms with Gasteiger partial charge in [-0.15, -0.1) is 0 Å². The molecule has 0 atom stereocenters. The summed E-state index contributed by atoms with van der Waals surface area (Å²) in [6.07, 6.45) is 4.72. The fourth-order valence-electron chi connectivity index (χ4n) is 5.51. The van der Waals surface area contributed by atoms with Crippen LogP contribution in [0.1, 0.15) is 48.9 Å². The molecule has 0 spiro atoms. The number of imidazole rings is 1. The number of H-pyrrole nitrogens is 1. The van der Waals surface area contributed by atoms with Gasteiger partial charge in [0, 0.05) is 37.5 Å². The number of carbonyl (C=O) groups is 1. The van der Waals surface area contributed by atoms with Gasteiger partial charge in [-0.25, -0.2) is 9.78 Å². The number of hydrogen-bond acceptors (Lipinski definition) is 7. The minimum atomic E-state index is -0.274. The van der Waals surface area contributed by atoms with Crippen LogP contribution in [0.2, 0.25) is 0 Å². The summed E-state index contributed by atoms with van der Waals surface area (Å²) in [7, 11) is 1.94. The molecule has 3 N–H and O–H groups in total. The predicted octanol–water partition coefficient (Wildman–Crippen LogP) is 8.61. The second-order valence-corrected chi connectivity index (χ2v) is 12.8. The maximum atomic E-state index is 13.3. The molecule has 0 fully saturated rings. The first-order valence-corrected chi connectivity index (χ1v) is 17.2. The Balaban J connectivity index is 1.09. The summed E-state index contributed by atoms with van der Waals surface area (Å²) in [5, 5.41) is 12.9. The fourth-order valence-corrected chi connectivity index (χ4v) is 6.27. The summed E-state index contributed by atoms with van der Waals surface area (Å²) < 4.78 is 14.2. The lowest BCUT2D eigenvalue weighted by atomic mass is 10.1. The van der Waals surface area contributed by atoms with Crippen molar-refractivity contribution in [3.8, 4) is 23.1 Å². The Labute approximate surface area is 288 Å². The number of fused-ring (bicyclic) bond motifs is 1.